The van der Waals surface area contributed by atoms with Gasteiger partial charge in [-0.25, -0.2) is 0 Å². The summed E-state index contributed by atoms with van der Waals surface area (Å²) in [5, 5.41) is 3.62. The summed E-state index contributed by atoms with van der Waals surface area (Å²) in [7, 11) is 1.58. The Balaban J connectivity index is 2.23. The molecule has 4 nitrogen and oxygen atoms in total. The van der Waals surface area contributed by atoms with Crippen LogP contribution in [0.1, 0.15) is 10.4 Å². The Bertz CT molecular complexity index is 710. The SMILES string of the molecule is COCCOc1ccc(Br)cc1C(=O)Nc1cc(Cl)ccc1Cl. The van der Waals surface area contributed by atoms with Crippen LogP contribution in [0.5, 0.6) is 5.75 Å². The molecule has 0 heterocycles. The number of hydrogen-bond donors (Lipinski definition) is 1. The zero-order valence-electron chi connectivity index (χ0n) is 12.2. The highest BCUT2D eigenvalue weighted by atomic mass is 79.9. The molecule has 0 aromatic heterocycles. The Kier molecular flexibility index (Phi) is 6.72. The molecule has 0 fully saturated rings. The highest BCUT2D eigenvalue weighted by molar-refractivity contribution is 9.10. The van der Waals surface area contributed by atoms with Crippen LogP contribution < -0.4 is 10.1 Å². The number of amides is 1. The molecule has 23 heavy (non-hydrogen) atoms. The topological polar surface area (TPSA) is 47.6 Å². The van der Waals surface area contributed by atoms with Crippen molar-refractivity contribution in [2.45, 2.75) is 0 Å². The maximum absolute atomic E-state index is 12.5. The number of ether oxygens (including phenoxy) is 2. The fourth-order valence-corrected chi connectivity index (χ4v) is 2.52. The van der Waals surface area contributed by atoms with E-state index in [1.165, 1.54) is 0 Å². The van der Waals surface area contributed by atoms with E-state index in [9.17, 15) is 4.79 Å². The summed E-state index contributed by atoms with van der Waals surface area (Å²) in [5.41, 5.74) is 0.818. The van der Waals surface area contributed by atoms with E-state index >= 15 is 0 Å². The van der Waals surface area contributed by atoms with E-state index in [1.807, 2.05) is 0 Å². The van der Waals surface area contributed by atoms with Gasteiger partial charge in [-0.2, -0.15) is 0 Å². The highest BCUT2D eigenvalue weighted by Gasteiger charge is 2.15. The van der Waals surface area contributed by atoms with Crippen LogP contribution in [0, 0.1) is 0 Å². The fraction of sp³-hybridized carbons (Fsp3) is 0.188. The minimum absolute atomic E-state index is 0.344. The van der Waals surface area contributed by atoms with E-state index in [4.69, 9.17) is 32.7 Å². The minimum Gasteiger partial charge on any atom is -0.490 e. The van der Waals surface area contributed by atoms with Crippen LogP contribution in [0.2, 0.25) is 10.0 Å². The molecular weight excluding hydrogens is 405 g/mol. The lowest BCUT2D eigenvalue weighted by Crippen LogP contribution is -2.15. The molecule has 0 aliphatic carbocycles. The number of carbonyl (C=O) groups excluding carboxylic acids is 1. The molecule has 1 amide bonds. The quantitative estimate of drug-likeness (QED) is 0.669. The van der Waals surface area contributed by atoms with Crippen LogP contribution in [0.25, 0.3) is 0 Å². The molecule has 7 heteroatoms. The van der Waals surface area contributed by atoms with Gasteiger partial charge in [-0.3, -0.25) is 4.79 Å². The molecule has 0 spiro atoms. The second-order valence-corrected chi connectivity index (χ2v) is 6.32. The predicted molar refractivity (Wildman–Crippen MR) is 95.9 cm³/mol. The molecule has 0 saturated heterocycles. The zero-order chi connectivity index (χ0) is 16.8. The van der Waals surface area contributed by atoms with Gasteiger partial charge in [-0.15, -0.1) is 0 Å². The van der Waals surface area contributed by atoms with E-state index in [1.54, 1.807) is 43.5 Å². The van der Waals surface area contributed by atoms with Gasteiger partial charge in [0.15, 0.2) is 0 Å². The first kappa shape index (κ1) is 18.1. The number of benzene rings is 2. The number of hydrogen-bond acceptors (Lipinski definition) is 3. The average Bonchev–Trinajstić information content (AvgIpc) is 2.52. The Labute approximate surface area is 152 Å². The number of rotatable bonds is 6. The van der Waals surface area contributed by atoms with E-state index < -0.39 is 0 Å². The van der Waals surface area contributed by atoms with Crippen LogP contribution in [-0.2, 0) is 4.74 Å². The fourth-order valence-electron chi connectivity index (χ4n) is 1.82. The molecule has 1 N–H and O–H groups in total. The van der Waals surface area contributed by atoms with Crippen molar-refractivity contribution < 1.29 is 14.3 Å². The molecule has 2 aromatic carbocycles. The molecule has 2 rings (SSSR count). The van der Waals surface area contributed by atoms with Crippen molar-refractivity contribution in [3.05, 3.63) is 56.5 Å². The molecule has 0 bridgehead atoms. The second kappa shape index (κ2) is 8.55. The summed E-state index contributed by atoms with van der Waals surface area (Å²) in [6, 6.07) is 10.1. The third-order valence-corrected chi connectivity index (χ3v) is 3.97. The largest absolute Gasteiger partial charge is 0.490 e. The van der Waals surface area contributed by atoms with Crippen LogP contribution in [0.15, 0.2) is 40.9 Å². The van der Waals surface area contributed by atoms with Crippen LogP contribution >= 0.6 is 39.1 Å². The second-order valence-electron chi connectivity index (χ2n) is 4.56. The lowest BCUT2D eigenvalue weighted by molar-refractivity contribution is 0.101. The molecule has 2 aromatic rings. The first-order valence-corrected chi connectivity index (χ1v) is 8.24. The van der Waals surface area contributed by atoms with Crippen LogP contribution in [-0.4, -0.2) is 26.2 Å². The number of methoxy groups -OCH3 is 1. The summed E-state index contributed by atoms with van der Waals surface area (Å²) in [4.78, 5) is 12.5. The molecule has 122 valence electrons. The average molecular weight is 419 g/mol. The molecule has 0 aliphatic rings. The van der Waals surface area contributed by atoms with E-state index in [-0.39, 0.29) is 5.91 Å². The number of anilines is 1. The molecule has 0 saturated carbocycles. The van der Waals surface area contributed by atoms with Crippen molar-refractivity contribution in [2.24, 2.45) is 0 Å². The van der Waals surface area contributed by atoms with Crippen molar-refractivity contribution in [3.8, 4) is 5.75 Å². The summed E-state index contributed by atoms with van der Waals surface area (Å²) in [5.74, 6) is 0.115. The van der Waals surface area contributed by atoms with Gasteiger partial charge in [-0.1, -0.05) is 39.1 Å². The van der Waals surface area contributed by atoms with Crippen molar-refractivity contribution in [2.75, 3.05) is 25.6 Å². The van der Waals surface area contributed by atoms with Gasteiger partial charge < -0.3 is 14.8 Å². The lowest BCUT2D eigenvalue weighted by atomic mass is 10.2. The Morgan fingerprint density at radius 1 is 1.17 bits per heavy atom. The molecule has 0 radical (unpaired) electrons. The Morgan fingerprint density at radius 3 is 2.70 bits per heavy atom. The minimum atomic E-state index is -0.345. The normalized spacial score (nSPS) is 10.4. The predicted octanol–water partition coefficient (Wildman–Crippen LogP) is 5.03. The molecule has 0 unspecified atom stereocenters. The van der Waals surface area contributed by atoms with Gasteiger partial charge >= 0.3 is 0 Å². The van der Waals surface area contributed by atoms with Crippen molar-refractivity contribution in [1.29, 1.82) is 0 Å². The van der Waals surface area contributed by atoms with Crippen molar-refractivity contribution in [3.63, 3.8) is 0 Å². The first-order valence-electron chi connectivity index (χ1n) is 6.69. The third kappa shape index (κ3) is 5.11. The number of nitrogens with one attached hydrogen (secondary N) is 1. The standard InChI is InChI=1S/C16H14BrCl2NO3/c1-22-6-7-23-15-5-2-10(17)8-12(15)16(21)20-14-9-11(18)3-4-13(14)19/h2-5,8-9H,6-7H2,1H3,(H,20,21). The monoisotopic (exact) mass is 417 g/mol. The maximum atomic E-state index is 12.5. The van der Waals surface area contributed by atoms with Gasteiger partial charge in [-0.05, 0) is 36.4 Å². The summed E-state index contributed by atoms with van der Waals surface area (Å²) in [6.07, 6.45) is 0. The summed E-state index contributed by atoms with van der Waals surface area (Å²) in [6.45, 7) is 0.771. The smallest absolute Gasteiger partial charge is 0.259 e. The first-order chi connectivity index (χ1) is 11.0. The van der Waals surface area contributed by atoms with E-state index in [0.717, 1.165) is 4.47 Å². The third-order valence-electron chi connectivity index (χ3n) is 2.91. The van der Waals surface area contributed by atoms with E-state index in [0.29, 0.717) is 40.3 Å². The number of halogens is 3. The number of carbonyl (C=O) groups is 1. The summed E-state index contributed by atoms with van der Waals surface area (Å²) >= 11 is 15.4. The zero-order valence-corrected chi connectivity index (χ0v) is 15.3. The van der Waals surface area contributed by atoms with Crippen molar-refractivity contribution in [1.82, 2.24) is 0 Å². The molecule has 0 atom stereocenters. The van der Waals surface area contributed by atoms with Crippen LogP contribution in [0.4, 0.5) is 5.69 Å². The highest BCUT2D eigenvalue weighted by Crippen LogP contribution is 2.28. The maximum Gasteiger partial charge on any atom is 0.259 e. The Morgan fingerprint density at radius 2 is 1.96 bits per heavy atom. The van der Waals surface area contributed by atoms with Crippen LogP contribution in [0.3, 0.4) is 0 Å². The van der Waals surface area contributed by atoms with Gasteiger partial charge in [0.2, 0.25) is 0 Å². The van der Waals surface area contributed by atoms with Gasteiger partial charge in [0, 0.05) is 16.6 Å². The van der Waals surface area contributed by atoms with Gasteiger partial charge in [0.25, 0.3) is 5.91 Å². The van der Waals surface area contributed by atoms with Crippen molar-refractivity contribution >= 4 is 50.7 Å². The van der Waals surface area contributed by atoms with Gasteiger partial charge in [0.05, 0.1) is 22.9 Å². The van der Waals surface area contributed by atoms with E-state index in [2.05, 4.69) is 21.2 Å². The molecule has 0 aliphatic heterocycles. The lowest BCUT2D eigenvalue weighted by Gasteiger charge is -2.13. The Hall–Kier alpha value is -1.27. The summed E-state index contributed by atoms with van der Waals surface area (Å²) < 4.78 is 11.3. The molecular formula is C16H14BrCl2NO3. The van der Waals surface area contributed by atoms with Gasteiger partial charge in [0.1, 0.15) is 12.4 Å².